The average molecular weight is 646 g/mol. The molecule has 4 heterocycles. The Morgan fingerprint density at radius 3 is 2.36 bits per heavy atom. The standard InChI is InChI=1S/C36H38F3N5O3/c37-29-6-1-19-9-25(46)12-28(30(19)32(29)39)26-4-5-27-33(31(26)38)41-35(42-34(27)44-15-22-2-3-23(16-44)40-22)47-18-36(7-8-36)17-43-13-20-10-24(45)11-21(20)14-43/h1,4-6,9,12,20-24,40,45-46H,2-3,7-8,10-11,13-18H2. The monoisotopic (exact) mass is 645 g/mol. The lowest BCUT2D eigenvalue weighted by atomic mass is 9.95. The Labute approximate surface area is 270 Å². The van der Waals surface area contributed by atoms with Gasteiger partial charge in [0.1, 0.15) is 17.1 Å². The van der Waals surface area contributed by atoms with E-state index in [-0.39, 0.29) is 50.7 Å². The first-order valence-corrected chi connectivity index (χ1v) is 16.9. The highest BCUT2D eigenvalue weighted by molar-refractivity contribution is 6.01. The molecule has 2 aliphatic carbocycles. The van der Waals surface area contributed by atoms with Crippen LogP contribution in [-0.2, 0) is 0 Å². The highest BCUT2D eigenvalue weighted by Gasteiger charge is 2.48. The lowest BCUT2D eigenvalue weighted by Crippen LogP contribution is -2.51. The molecule has 246 valence electrons. The molecule has 0 amide bonds. The summed E-state index contributed by atoms with van der Waals surface area (Å²) in [5, 5.41) is 24.8. The van der Waals surface area contributed by atoms with Gasteiger partial charge in [0.05, 0.1) is 12.7 Å². The van der Waals surface area contributed by atoms with Crippen molar-refractivity contribution in [2.75, 3.05) is 44.2 Å². The number of nitrogens with one attached hydrogen (secondary N) is 1. The van der Waals surface area contributed by atoms with Crippen LogP contribution in [0.15, 0.2) is 36.4 Å². The van der Waals surface area contributed by atoms with Crippen LogP contribution in [0.5, 0.6) is 11.8 Å². The molecule has 3 aliphatic heterocycles. The Morgan fingerprint density at radius 2 is 1.64 bits per heavy atom. The van der Waals surface area contributed by atoms with Crippen LogP contribution in [0, 0.1) is 34.7 Å². The number of halogens is 3. The number of nitrogens with zero attached hydrogens (tertiary/aromatic N) is 4. The number of hydrogen-bond donors (Lipinski definition) is 3. The van der Waals surface area contributed by atoms with Gasteiger partial charge in [0.25, 0.3) is 0 Å². The minimum Gasteiger partial charge on any atom is -0.508 e. The first-order chi connectivity index (χ1) is 22.7. The van der Waals surface area contributed by atoms with Gasteiger partial charge in [-0.1, -0.05) is 12.1 Å². The van der Waals surface area contributed by atoms with Gasteiger partial charge in [-0.3, -0.25) is 0 Å². The molecule has 3 saturated heterocycles. The molecule has 5 aliphatic rings. The fourth-order valence-corrected chi connectivity index (χ4v) is 8.91. The molecular weight excluding hydrogens is 607 g/mol. The fourth-order valence-electron chi connectivity index (χ4n) is 8.91. The SMILES string of the molecule is Oc1cc(-c2ccc3c(N4CC5CCC(C4)N5)nc(OCC4(CN5CC6CC(O)CC6C5)CC4)nc3c2F)c2c(F)c(F)ccc2c1. The Bertz CT molecular complexity index is 1880. The van der Waals surface area contributed by atoms with Crippen LogP contribution < -0.4 is 15.0 Å². The molecule has 2 saturated carbocycles. The summed E-state index contributed by atoms with van der Waals surface area (Å²) in [4.78, 5) is 14.2. The number of aromatic nitrogens is 2. The van der Waals surface area contributed by atoms with Crippen molar-refractivity contribution in [3.8, 4) is 22.9 Å². The molecule has 8 nitrogen and oxygen atoms in total. The summed E-state index contributed by atoms with van der Waals surface area (Å²) in [5.41, 5.74) is 0.0746. The van der Waals surface area contributed by atoms with E-state index in [1.165, 1.54) is 24.3 Å². The summed E-state index contributed by atoms with van der Waals surface area (Å²) < 4.78 is 52.6. The molecule has 4 unspecified atom stereocenters. The number of rotatable bonds is 7. The predicted octanol–water partition coefficient (Wildman–Crippen LogP) is 5.38. The van der Waals surface area contributed by atoms with Crippen LogP contribution in [0.2, 0.25) is 0 Å². The van der Waals surface area contributed by atoms with E-state index < -0.39 is 17.5 Å². The number of hydrogen-bond acceptors (Lipinski definition) is 8. The molecule has 9 rings (SSSR count). The van der Waals surface area contributed by atoms with Gasteiger partial charge in [-0.05, 0) is 85.6 Å². The lowest BCUT2D eigenvalue weighted by molar-refractivity contribution is 0.142. The Balaban J connectivity index is 1.08. The minimum atomic E-state index is -1.10. The number of phenolic OH excluding ortho intramolecular Hbond substituents is 1. The van der Waals surface area contributed by atoms with Crippen LogP contribution >= 0.6 is 0 Å². The minimum absolute atomic E-state index is 0.00208. The van der Waals surface area contributed by atoms with Gasteiger partial charge < -0.3 is 30.1 Å². The molecule has 0 radical (unpaired) electrons. The van der Waals surface area contributed by atoms with Gasteiger partial charge in [0.2, 0.25) is 0 Å². The number of ether oxygens (including phenoxy) is 1. The maximum absolute atomic E-state index is 16.7. The molecular formula is C36H38F3N5O3. The second-order valence-corrected chi connectivity index (χ2v) is 14.8. The van der Waals surface area contributed by atoms with Crippen molar-refractivity contribution in [3.05, 3.63) is 53.8 Å². The van der Waals surface area contributed by atoms with Crippen LogP contribution in [0.25, 0.3) is 32.8 Å². The van der Waals surface area contributed by atoms with E-state index in [2.05, 4.69) is 20.1 Å². The topological polar surface area (TPSA) is 94.0 Å². The van der Waals surface area contributed by atoms with E-state index in [0.29, 0.717) is 41.7 Å². The number of aliphatic hydroxyl groups is 1. The fraction of sp³-hybridized carbons (Fsp3) is 0.500. The Morgan fingerprint density at radius 1 is 0.894 bits per heavy atom. The van der Waals surface area contributed by atoms with Crippen molar-refractivity contribution in [2.24, 2.45) is 17.3 Å². The number of fused-ring (bicyclic) bond motifs is 5. The Hall–Kier alpha value is -3.67. The van der Waals surface area contributed by atoms with Gasteiger partial charge in [0, 0.05) is 66.6 Å². The third-order valence-corrected chi connectivity index (χ3v) is 11.4. The molecule has 4 atom stereocenters. The third-order valence-electron chi connectivity index (χ3n) is 11.4. The van der Waals surface area contributed by atoms with E-state index >= 15 is 8.78 Å². The summed E-state index contributed by atoms with van der Waals surface area (Å²) >= 11 is 0. The highest BCUT2D eigenvalue weighted by Crippen LogP contribution is 2.49. The van der Waals surface area contributed by atoms with E-state index in [1.54, 1.807) is 6.07 Å². The van der Waals surface area contributed by atoms with Crippen LogP contribution in [-0.4, -0.2) is 82.6 Å². The van der Waals surface area contributed by atoms with Crippen molar-refractivity contribution in [1.82, 2.24) is 20.2 Å². The van der Waals surface area contributed by atoms with Gasteiger partial charge in [-0.2, -0.15) is 9.97 Å². The maximum Gasteiger partial charge on any atom is 0.319 e. The molecule has 11 heteroatoms. The lowest BCUT2D eigenvalue weighted by Gasteiger charge is -2.34. The normalized spacial score (nSPS) is 28.0. The van der Waals surface area contributed by atoms with Gasteiger partial charge in [-0.15, -0.1) is 0 Å². The molecule has 5 fully saturated rings. The number of phenols is 1. The van der Waals surface area contributed by atoms with E-state index in [0.717, 1.165) is 77.3 Å². The van der Waals surface area contributed by atoms with Crippen molar-refractivity contribution >= 4 is 27.5 Å². The number of benzene rings is 3. The number of likely N-dealkylation sites (tertiary alicyclic amines) is 1. The molecule has 2 bridgehead atoms. The van der Waals surface area contributed by atoms with Crippen molar-refractivity contribution in [2.45, 2.75) is 56.7 Å². The van der Waals surface area contributed by atoms with Crippen LogP contribution in [0.3, 0.4) is 0 Å². The summed E-state index contributed by atoms with van der Waals surface area (Å²) in [5.74, 6) is -1.33. The highest BCUT2D eigenvalue weighted by atomic mass is 19.2. The van der Waals surface area contributed by atoms with Crippen molar-refractivity contribution in [1.29, 1.82) is 0 Å². The number of piperazine rings is 1. The number of anilines is 1. The number of aliphatic hydroxyl groups excluding tert-OH is 1. The zero-order chi connectivity index (χ0) is 32.0. The van der Waals surface area contributed by atoms with E-state index in [4.69, 9.17) is 9.72 Å². The first-order valence-electron chi connectivity index (χ1n) is 16.9. The molecule has 1 aromatic heterocycles. The van der Waals surface area contributed by atoms with Crippen LogP contribution in [0.4, 0.5) is 19.0 Å². The quantitative estimate of drug-likeness (QED) is 0.247. The summed E-state index contributed by atoms with van der Waals surface area (Å²) in [7, 11) is 0. The summed E-state index contributed by atoms with van der Waals surface area (Å²) in [6.45, 7) is 4.80. The average Bonchev–Trinajstić information content (AvgIpc) is 3.41. The van der Waals surface area contributed by atoms with E-state index in [1.807, 2.05) is 0 Å². The second kappa shape index (κ2) is 10.9. The molecule has 3 N–H and O–H groups in total. The Kier molecular flexibility index (Phi) is 6.85. The number of aromatic hydroxyl groups is 1. The predicted molar refractivity (Wildman–Crippen MR) is 172 cm³/mol. The van der Waals surface area contributed by atoms with Crippen molar-refractivity contribution < 1.29 is 28.1 Å². The first kappa shape index (κ1) is 29.5. The van der Waals surface area contributed by atoms with Crippen molar-refractivity contribution in [3.63, 3.8) is 0 Å². The van der Waals surface area contributed by atoms with Gasteiger partial charge in [-0.25, -0.2) is 13.2 Å². The summed E-state index contributed by atoms with van der Waals surface area (Å²) in [6.07, 6.45) is 5.82. The zero-order valence-electron chi connectivity index (χ0n) is 26.1. The van der Waals surface area contributed by atoms with Gasteiger partial charge in [0.15, 0.2) is 17.5 Å². The van der Waals surface area contributed by atoms with E-state index in [9.17, 15) is 14.6 Å². The molecule has 3 aromatic carbocycles. The second-order valence-electron chi connectivity index (χ2n) is 14.8. The smallest absolute Gasteiger partial charge is 0.319 e. The molecule has 4 aromatic rings. The summed E-state index contributed by atoms with van der Waals surface area (Å²) in [6, 6.07) is 8.94. The van der Waals surface area contributed by atoms with Crippen LogP contribution in [0.1, 0.15) is 38.5 Å². The van der Waals surface area contributed by atoms with Gasteiger partial charge >= 0.3 is 6.01 Å². The maximum atomic E-state index is 16.7. The largest absolute Gasteiger partial charge is 0.508 e. The molecule has 0 spiro atoms. The third kappa shape index (κ3) is 5.18. The molecule has 47 heavy (non-hydrogen) atoms. The zero-order valence-corrected chi connectivity index (χ0v) is 26.1.